The third-order valence-corrected chi connectivity index (χ3v) is 3.18. The summed E-state index contributed by atoms with van der Waals surface area (Å²) in [5.41, 5.74) is 0.414. The van der Waals surface area contributed by atoms with Crippen LogP contribution in [0.2, 0.25) is 0 Å². The van der Waals surface area contributed by atoms with Gasteiger partial charge in [0.15, 0.2) is 0 Å². The number of carbonyl (C=O) groups is 1. The lowest BCUT2D eigenvalue weighted by molar-refractivity contribution is 0.0936. The van der Waals surface area contributed by atoms with Gasteiger partial charge >= 0.3 is 0 Å². The van der Waals surface area contributed by atoms with Crippen LogP contribution in [0.25, 0.3) is 0 Å². The number of nitrogens with one attached hydrogen (secondary N) is 1. The molecule has 0 saturated carbocycles. The molecule has 2 aromatic heterocycles. The molecule has 0 aliphatic heterocycles. The predicted molar refractivity (Wildman–Crippen MR) is 77.2 cm³/mol. The van der Waals surface area contributed by atoms with E-state index in [0.717, 1.165) is 5.76 Å². The largest absolute Gasteiger partial charge is 0.479 e. The van der Waals surface area contributed by atoms with E-state index in [1.807, 2.05) is 31.1 Å². The molecule has 2 aromatic rings. The van der Waals surface area contributed by atoms with Crippen LogP contribution in [-0.2, 0) is 7.05 Å². The Morgan fingerprint density at radius 2 is 2.33 bits per heavy atom. The number of amides is 1. The Morgan fingerprint density at radius 3 is 2.90 bits per heavy atom. The van der Waals surface area contributed by atoms with Gasteiger partial charge in [0.1, 0.15) is 11.3 Å². The molecule has 1 atom stereocenters. The van der Waals surface area contributed by atoms with E-state index in [9.17, 15) is 4.79 Å². The zero-order valence-corrected chi connectivity index (χ0v) is 12.7. The van der Waals surface area contributed by atoms with Crippen molar-refractivity contribution in [3.63, 3.8) is 0 Å². The Kier molecular flexibility index (Phi) is 4.64. The number of carbonyl (C=O) groups excluding carboxylic acids is 1. The van der Waals surface area contributed by atoms with E-state index in [-0.39, 0.29) is 11.9 Å². The van der Waals surface area contributed by atoms with Crippen molar-refractivity contribution >= 4 is 5.91 Å². The van der Waals surface area contributed by atoms with Gasteiger partial charge in [-0.1, -0.05) is 0 Å². The summed E-state index contributed by atoms with van der Waals surface area (Å²) in [7, 11) is 7.10. The van der Waals surface area contributed by atoms with Crippen molar-refractivity contribution in [2.45, 2.75) is 6.04 Å². The standard InChI is InChI=1S/C14H20N4O3/c1-17(2)11(12-6-5-7-21-12)8-15-13(19)10-9-18(3)16-14(10)20-4/h5-7,9,11H,8H2,1-4H3,(H,15,19). The Bertz CT molecular complexity index is 589. The van der Waals surface area contributed by atoms with Crippen molar-refractivity contribution in [3.05, 3.63) is 35.9 Å². The summed E-state index contributed by atoms with van der Waals surface area (Å²) in [6, 6.07) is 3.69. The maximum absolute atomic E-state index is 12.2. The van der Waals surface area contributed by atoms with Crippen molar-refractivity contribution < 1.29 is 13.9 Å². The van der Waals surface area contributed by atoms with E-state index in [1.165, 1.54) is 7.11 Å². The number of likely N-dealkylation sites (N-methyl/N-ethyl adjacent to an activating group) is 1. The Hall–Kier alpha value is -2.28. The highest BCUT2D eigenvalue weighted by Crippen LogP contribution is 2.19. The normalized spacial score (nSPS) is 12.4. The van der Waals surface area contributed by atoms with Crippen LogP contribution in [0.4, 0.5) is 0 Å². The number of rotatable bonds is 6. The maximum atomic E-state index is 12.2. The molecule has 0 bridgehead atoms. The Morgan fingerprint density at radius 1 is 1.57 bits per heavy atom. The number of ether oxygens (including phenoxy) is 1. The van der Waals surface area contributed by atoms with Gasteiger partial charge in [-0.05, 0) is 26.2 Å². The number of aromatic nitrogens is 2. The molecule has 1 amide bonds. The van der Waals surface area contributed by atoms with Gasteiger partial charge in [0.2, 0.25) is 5.88 Å². The predicted octanol–water partition coefficient (Wildman–Crippen LogP) is 1.05. The smallest absolute Gasteiger partial charge is 0.258 e. The second-order valence-electron chi connectivity index (χ2n) is 4.93. The summed E-state index contributed by atoms with van der Waals surface area (Å²) >= 11 is 0. The van der Waals surface area contributed by atoms with Crippen LogP contribution < -0.4 is 10.1 Å². The molecule has 0 spiro atoms. The lowest BCUT2D eigenvalue weighted by Gasteiger charge is -2.22. The first-order valence-corrected chi connectivity index (χ1v) is 6.58. The van der Waals surface area contributed by atoms with Crippen LogP contribution in [0.5, 0.6) is 5.88 Å². The molecule has 7 nitrogen and oxygen atoms in total. The molecule has 0 fully saturated rings. The molecule has 0 aliphatic rings. The van der Waals surface area contributed by atoms with Crippen LogP contribution in [0.1, 0.15) is 22.2 Å². The molecule has 1 N–H and O–H groups in total. The number of hydrogen-bond acceptors (Lipinski definition) is 5. The summed E-state index contributed by atoms with van der Waals surface area (Å²) in [6.07, 6.45) is 3.25. The van der Waals surface area contributed by atoms with Crippen molar-refractivity contribution in [2.24, 2.45) is 7.05 Å². The van der Waals surface area contributed by atoms with Crippen molar-refractivity contribution in [1.29, 1.82) is 0 Å². The topological polar surface area (TPSA) is 72.5 Å². The van der Waals surface area contributed by atoms with E-state index in [4.69, 9.17) is 9.15 Å². The number of furan rings is 1. The molecular formula is C14H20N4O3. The third-order valence-electron chi connectivity index (χ3n) is 3.18. The number of nitrogens with zero attached hydrogens (tertiary/aromatic N) is 3. The molecule has 0 radical (unpaired) electrons. The monoisotopic (exact) mass is 292 g/mol. The van der Waals surface area contributed by atoms with E-state index >= 15 is 0 Å². The molecule has 2 heterocycles. The second kappa shape index (κ2) is 6.45. The van der Waals surface area contributed by atoms with Gasteiger partial charge in [-0.25, -0.2) is 0 Å². The lowest BCUT2D eigenvalue weighted by Crippen LogP contribution is -2.34. The number of aryl methyl sites for hydroxylation is 1. The molecular weight excluding hydrogens is 272 g/mol. The highest BCUT2D eigenvalue weighted by molar-refractivity contribution is 5.96. The molecule has 0 aliphatic carbocycles. The van der Waals surface area contributed by atoms with Crippen LogP contribution in [0.3, 0.4) is 0 Å². The van der Waals surface area contributed by atoms with Crippen LogP contribution in [-0.4, -0.2) is 48.3 Å². The summed E-state index contributed by atoms with van der Waals surface area (Å²) < 4.78 is 12.0. The molecule has 0 saturated heterocycles. The highest BCUT2D eigenvalue weighted by atomic mass is 16.5. The minimum atomic E-state index is -0.224. The molecule has 21 heavy (non-hydrogen) atoms. The number of hydrogen-bond donors (Lipinski definition) is 1. The zero-order chi connectivity index (χ0) is 15.4. The Balaban J connectivity index is 2.05. The maximum Gasteiger partial charge on any atom is 0.258 e. The summed E-state index contributed by atoms with van der Waals surface area (Å²) in [5.74, 6) is 0.895. The minimum absolute atomic E-state index is 0.0355. The van der Waals surface area contributed by atoms with Crippen LogP contribution in [0, 0.1) is 0 Å². The molecule has 7 heteroatoms. The highest BCUT2D eigenvalue weighted by Gasteiger charge is 2.21. The van der Waals surface area contributed by atoms with Crippen molar-refractivity contribution in [2.75, 3.05) is 27.7 Å². The van der Waals surface area contributed by atoms with E-state index < -0.39 is 0 Å². The van der Waals surface area contributed by atoms with Crippen molar-refractivity contribution in [3.8, 4) is 5.88 Å². The van der Waals surface area contributed by atoms with Gasteiger partial charge in [0, 0.05) is 19.8 Å². The lowest BCUT2D eigenvalue weighted by atomic mass is 10.2. The van der Waals surface area contributed by atoms with Crippen LogP contribution >= 0.6 is 0 Å². The fourth-order valence-corrected chi connectivity index (χ4v) is 2.08. The summed E-state index contributed by atoms with van der Waals surface area (Å²) in [5, 5.41) is 6.95. The molecule has 1 unspecified atom stereocenters. The first kappa shape index (κ1) is 15.1. The van der Waals surface area contributed by atoms with E-state index in [2.05, 4.69) is 10.4 Å². The van der Waals surface area contributed by atoms with Crippen molar-refractivity contribution in [1.82, 2.24) is 20.0 Å². The third kappa shape index (κ3) is 3.43. The first-order valence-electron chi connectivity index (χ1n) is 6.58. The van der Waals surface area contributed by atoms with Gasteiger partial charge in [-0.3, -0.25) is 14.4 Å². The van der Waals surface area contributed by atoms with E-state index in [0.29, 0.717) is 18.0 Å². The SMILES string of the molecule is COc1nn(C)cc1C(=O)NCC(c1ccco1)N(C)C. The van der Waals surface area contributed by atoms with Gasteiger partial charge in [0.05, 0.1) is 19.4 Å². The number of methoxy groups -OCH3 is 1. The average molecular weight is 292 g/mol. The first-order chi connectivity index (χ1) is 10.0. The quantitative estimate of drug-likeness (QED) is 0.861. The molecule has 114 valence electrons. The van der Waals surface area contributed by atoms with Gasteiger partial charge < -0.3 is 14.5 Å². The average Bonchev–Trinajstić information content (AvgIpc) is 3.07. The fourth-order valence-electron chi connectivity index (χ4n) is 2.08. The molecule has 0 aromatic carbocycles. The van der Waals surface area contributed by atoms with Gasteiger partial charge in [-0.15, -0.1) is 5.10 Å². The minimum Gasteiger partial charge on any atom is -0.479 e. The second-order valence-corrected chi connectivity index (χ2v) is 4.93. The van der Waals surface area contributed by atoms with Gasteiger partial charge in [-0.2, -0.15) is 0 Å². The van der Waals surface area contributed by atoms with E-state index in [1.54, 1.807) is 24.2 Å². The fraction of sp³-hybridized carbons (Fsp3) is 0.429. The Labute approximate surface area is 123 Å². The molecule has 2 rings (SSSR count). The van der Waals surface area contributed by atoms with Gasteiger partial charge in [0.25, 0.3) is 5.91 Å². The summed E-state index contributed by atoms with van der Waals surface area (Å²) in [4.78, 5) is 14.2. The zero-order valence-electron chi connectivity index (χ0n) is 12.7. The summed E-state index contributed by atoms with van der Waals surface area (Å²) in [6.45, 7) is 0.428. The van der Waals surface area contributed by atoms with Crippen LogP contribution in [0.15, 0.2) is 29.0 Å².